The van der Waals surface area contributed by atoms with Crippen LogP contribution in [0.5, 0.6) is 0 Å². The van der Waals surface area contributed by atoms with Gasteiger partial charge in [-0.15, -0.1) is 0 Å². The van der Waals surface area contributed by atoms with Gasteiger partial charge >= 0.3 is 0 Å². The highest BCUT2D eigenvalue weighted by molar-refractivity contribution is 6.30. The van der Waals surface area contributed by atoms with Crippen LogP contribution in [0.3, 0.4) is 0 Å². The summed E-state index contributed by atoms with van der Waals surface area (Å²) in [4.78, 5) is 10.5. The zero-order valence-corrected chi connectivity index (χ0v) is 10.7. The lowest BCUT2D eigenvalue weighted by molar-refractivity contribution is 0.122. The van der Waals surface area contributed by atoms with Crippen molar-refractivity contribution in [1.29, 1.82) is 0 Å². The highest BCUT2D eigenvalue weighted by Gasteiger charge is 2.19. The van der Waals surface area contributed by atoms with Gasteiger partial charge in [0.2, 0.25) is 0 Å². The number of morpholine rings is 1. The summed E-state index contributed by atoms with van der Waals surface area (Å²) in [5, 5.41) is 0.499. The molecule has 2 heterocycles. The van der Waals surface area contributed by atoms with Crippen LogP contribution in [-0.2, 0) is 11.2 Å². The molecule has 1 fully saturated rings. The first kappa shape index (κ1) is 12.5. The Morgan fingerprint density at radius 2 is 2.18 bits per heavy atom. The molecule has 6 heteroatoms. The summed E-state index contributed by atoms with van der Waals surface area (Å²) in [6, 6.07) is 0.0401. The molecule has 1 atom stereocenters. The van der Waals surface area contributed by atoms with E-state index in [2.05, 4.69) is 14.9 Å². The van der Waals surface area contributed by atoms with Crippen LogP contribution in [0.4, 0.5) is 5.82 Å². The largest absolute Gasteiger partial charge is 0.378 e. The van der Waals surface area contributed by atoms with E-state index in [0.717, 1.165) is 37.7 Å². The number of halogens is 1. The van der Waals surface area contributed by atoms with Crippen molar-refractivity contribution in [3.63, 3.8) is 0 Å². The molecule has 1 aliphatic heterocycles. The molecule has 1 unspecified atom stereocenters. The predicted molar refractivity (Wildman–Crippen MR) is 67.4 cm³/mol. The summed E-state index contributed by atoms with van der Waals surface area (Å²) in [5.41, 5.74) is 6.77. The normalized spacial score (nSPS) is 18.2. The zero-order valence-electron chi connectivity index (χ0n) is 9.90. The number of ether oxygens (including phenoxy) is 1. The maximum Gasteiger partial charge on any atom is 0.137 e. The first-order valence-corrected chi connectivity index (χ1v) is 6.14. The predicted octanol–water partition coefficient (Wildman–Crippen LogP) is 0.856. The van der Waals surface area contributed by atoms with Crippen molar-refractivity contribution in [2.24, 2.45) is 5.73 Å². The molecule has 1 aromatic heterocycles. The molecular weight excluding hydrogens is 240 g/mol. The van der Waals surface area contributed by atoms with Gasteiger partial charge in [-0.3, -0.25) is 0 Å². The van der Waals surface area contributed by atoms with Gasteiger partial charge in [-0.05, 0) is 13.3 Å². The number of nitrogens with zero attached hydrogens (tertiary/aromatic N) is 3. The van der Waals surface area contributed by atoms with Crippen LogP contribution in [-0.4, -0.2) is 42.3 Å². The van der Waals surface area contributed by atoms with Gasteiger partial charge in [-0.2, -0.15) is 0 Å². The van der Waals surface area contributed by atoms with Crippen molar-refractivity contribution >= 4 is 17.4 Å². The van der Waals surface area contributed by atoms with Crippen molar-refractivity contribution in [3.8, 4) is 0 Å². The summed E-state index contributed by atoms with van der Waals surface area (Å²) in [6.45, 7) is 5.06. The van der Waals surface area contributed by atoms with Crippen LogP contribution >= 0.6 is 11.6 Å². The highest BCUT2D eigenvalue weighted by atomic mass is 35.5. The second kappa shape index (κ2) is 5.62. The van der Waals surface area contributed by atoms with Crippen molar-refractivity contribution < 1.29 is 4.74 Å². The number of hydrogen-bond donors (Lipinski definition) is 1. The molecule has 1 saturated heterocycles. The highest BCUT2D eigenvalue weighted by Crippen LogP contribution is 2.25. The van der Waals surface area contributed by atoms with Gasteiger partial charge in [-0.25, -0.2) is 9.97 Å². The quantitative estimate of drug-likeness (QED) is 0.813. The van der Waals surface area contributed by atoms with Crippen LogP contribution in [0, 0.1) is 0 Å². The summed E-state index contributed by atoms with van der Waals surface area (Å²) in [7, 11) is 0. The molecule has 0 amide bonds. The van der Waals surface area contributed by atoms with Crippen molar-refractivity contribution in [3.05, 3.63) is 17.0 Å². The van der Waals surface area contributed by atoms with Crippen molar-refractivity contribution in [2.75, 3.05) is 31.2 Å². The van der Waals surface area contributed by atoms with Gasteiger partial charge in [0.1, 0.15) is 17.3 Å². The fourth-order valence-corrected chi connectivity index (χ4v) is 2.13. The van der Waals surface area contributed by atoms with E-state index in [1.54, 1.807) is 0 Å². The Hall–Kier alpha value is -0.910. The molecule has 2 rings (SSSR count). The lowest BCUT2D eigenvalue weighted by Crippen LogP contribution is -2.38. The first-order valence-electron chi connectivity index (χ1n) is 5.76. The number of aromatic nitrogens is 2. The molecule has 1 aromatic rings. The molecule has 0 saturated carbocycles. The fraction of sp³-hybridized carbons (Fsp3) is 0.636. The SMILES string of the molecule is CC(N)Cc1c(Cl)ncnc1N1CCOCC1. The third-order valence-electron chi connectivity index (χ3n) is 2.71. The van der Waals surface area contributed by atoms with Gasteiger partial charge < -0.3 is 15.4 Å². The van der Waals surface area contributed by atoms with Gasteiger partial charge in [-0.1, -0.05) is 11.6 Å². The van der Waals surface area contributed by atoms with E-state index in [-0.39, 0.29) is 6.04 Å². The zero-order chi connectivity index (χ0) is 12.3. The topological polar surface area (TPSA) is 64.3 Å². The van der Waals surface area contributed by atoms with Crippen LogP contribution in [0.25, 0.3) is 0 Å². The van der Waals surface area contributed by atoms with Gasteiger partial charge in [0.05, 0.1) is 13.2 Å². The van der Waals surface area contributed by atoms with E-state index >= 15 is 0 Å². The van der Waals surface area contributed by atoms with E-state index in [1.807, 2.05) is 6.92 Å². The third-order valence-corrected chi connectivity index (χ3v) is 3.03. The average Bonchev–Trinajstić information content (AvgIpc) is 2.32. The van der Waals surface area contributed by atoms with Crippen molar-refractivity contribution in [2.45, 2.75) is 19.4 Å². The molecule has 2 N–H and O–H groups in total. The minimum atomic E-state index is 0.0401. The summed E-state index contributed by atoms with van der Waals surface area (Å²) in [5.74, 6) is 0.894. The standard InChI is InChI=1S/C11H17ClN4O/c1-8(13)6-9-10(12)14-7-15-11(9)16-2-4-17-5-3-16/h7-8H,2-6,13H2,1H3. The van der Waals surface area contributed by atoms with Gasteiger partial charge in [0.15, 0.2) is 0 Å². The molecule has 1 aliphatic rings. The molecule has 94 valence electrons. The molecule has 0 spiro atoms. The van der Waals surface area contributed by atoms with E-state index < -0.39 is 0 Å². The minimum Gasteiger partial charge on any atom is -0.378 e. The Morgan fingerprint density at radius 3 is 2.82 bits per heavy atom. The molecule has 0 bridgehead atoms. The molecule has 0 aliphatic carbocycles. The number of nitrogens with two attached hydrogens (primary N) is 1. The van der Waals surface area contributed by atoms with E-state index in [0.29, 0.717) is 11.6 Å². The molecule has 0 aromatic carbocycles. The van der Waals surface area contributed by atoms with E-state index in [9.17, 15) is 0 Å². The Bertz CT molecular complexity index is 380. The van der Waals surface area contributed by atoms with Gasteiger partial charge in [0, 0.05) is 24.7 Å². The number of rotatable bonds is 3. The number of anilines is 1. The summed E-state index contributed by atoms with van der Waals surface area (Å²) < 4.78 is 5.33. The molecule has 5 nitrogen and oxygen atoms in total. The minimum absolute atomic E-state index is 0.0401. The Labute approximate surface area is 106 Å². The van der Waals surface area contributed by atoms with E-state index in [4.69, 9.17) is 22.1 Å². The Balaban J connectivity index is 2.27. The smallest absolute Gasteiger partial charge is 0.137 e. The average molecular weight is 257 g/mol. The summed E-state index contributed by atoms with van der Waals surface area (Å²) in [6.07, 6.45) is 2.18. The molecule has 17 heavy (non-hydrogen) atoms. The van der Waals surface area contributed by atoms with Crippen LogP contribution in [0.1, 0.15) is 12.5 Å². The van der Waals surface area contributed by atoms with Crippen molar-refractivity contribution in [1.82, 2.24) is 9.97 Å². The summed E-state index contributed by atoms with van der Waals surface area (Å²) >= 11 is 6.13. The van der Waals surface area contributed by atoms with Crippen LogP contribution < -0.4 is 10.6 Å². The molecule has 0 radical (unpaired) electrons. The van der Waals surface area contributed by atoms with Crippen LogP contribution in [0.15, 0.2) is 6.33 Å². The maximum atomic E-state index is 6.13. The van der Waals surface area contributed by atoms with Gasteiger partial charge in [0.25, 0.3) is 0 Å². The Kier molecular flexibility index (Phi) is 4.15. The lowest BCUT2D eigenvalue weighted by atomic mass is 10.1. The third kappa shape index (κ3) is 3.06. The van der Waals surface area contributed by atoms with Crippen LogP contribution in [0.2, 0.25) is 5.15 Å². The second-order valence-electron chi connectivity index (χ2n) is 4.25. The molecular formula is C11H17ClN4O. The monoisotopic (exact) mass is 256 g/mol. The lowest BCUT2D eigenvalue weighted by Gasteiger charge is -2.29. The maximum absolute atomic E-state index is 6.13. The Morgan fingerprint density at radius 1 is 1.47 bits per heavy atom. The van der Waals surface area contributed by atoms with E-state index in [1.165, 1.54) is 6.33 Å². The fourth-order valence-electron chi connectivity index (χ4n) is 1.93. The number of hydrogen-bond acceptors (Lipinski definition) is 5. The second-order valence-corrected chi connectivity index (χ2v) is 4.61. The first-order chi connectivity index (χ1) is 8.18.